The number of benzene rings is 1. The first-order chi connectivity index (χ1) is 8.88. The van der Waals surface area contributed by atoms with Crippen LogP contribution in [-0.2, 0) is 0 Å². The molecule has 1 aromatic rings. The molecule has 1 nitrogen and oxygen atoms in total. The van der Waals surface area contributed by atoms with Gasteiger partial charge in [0.25, 0.3) is 0 Å². The zero-order valence-corrected chi connectivity index (χ0v) is 11.7. The van der Waals surface area contributed by atoms with Crippen LogP contribution < -0.4 is 0 Å². The summed E-state index contributed by atoms with van der Waals surface area (Å²) in [7, 11) is 0. The summed E-state index contributed by atoms with van der Waals surface area (Å²) in [5, 5.41) is 1.27. The Kier molecular flexibility index (Phi) is 3.74. The van der Waals surface area contributed by atoms with Crippen molar-refractivity contribution in [2.45, 2.75) is 49.7 Å². The number of hydrogen-bond acceptors (Lipinski definition) is 2. The Hall–Kier alpha value is -0.760. The predicted molar refractivity (Wildman–Crippen MR) is 80.5 cm³/mol. The Morgan fingerprint density at radius 1 is 0.889 bits per heavy atom. The monoisotopic (exact) mass is 259 g/mol. The van der Waals surface area contributed by atoms with Crippen molar-refractivity contribution in [2.24, 2.45) is 4.99 Å². The van der Waals surface area contributed by atoms with Crippen molar-refractivity contribution < 1.29 is 0 Å². The summed E-state index contributed by atoms with van der Waals surface area (Å²) >= 11 is 2.06. The third kappa shape index (κ3) is 2.64. The zero-order valence-electron chi connectivity index (χ0n) is 10.9. The number of thioether (sulfide) groups is 1. The van der Waals surface area contributed by atoms with Gasteiger partial charge in [-0.25, -0.2) is 0 Å². The molecule has 0 unspecified atom stereocenters. The van der Waals surface area contributed by atoms with E-state index in [-0.39, 0.29) is 0 Å². The molecule has 1 aromatic carbocycles. The summed E-state index contributed by atoms with van der Waals surface area (Å²) in [6, 6.07) is 10.7. The molecular formula is C16H21NS. The van der Waals surface area contributed by atoms with E-state index in [9.17, 15) is 0 Å². The summed E-state index contributed by atoms with van der Waals surface area (Å²) in [5.74, 6) is 0. The van der Waals surface area contributed by atoms with Crippen molar-refractivity contribution in [1.29, 1.82) is 0 Å². The van der Waals surface area contributed by atoms with Crippen LogP contribution in [0.4, 0.5) is 0 Å². The van der Waals surface area contributed by atoms with Crippen LogP contribution in [0.15, 0.2) is 35.3 Å². The molecular weight excluding hydrogens is 238 g/mol. The summed E-state index contributed by atoms with van der Waals surface area (Å²) in [6.07, 6.45) is 9.78. The van der Waals surface area contributed by atoms with Crippen molar-refractivity contribution in [1.82, 2.24) is 0 Å². The van der Waals surface area contributed by atoms with Crippen molar-refractivity contribution in [3.05, 3.63) is 35.9 Å². The largest absolute Gasteiger partial charge is 0.276 e. The van der Waals surface area contributed by atoms with Crippen molar-refractivity contribution in [3.8, 4) is 0 Å². The molecule has 0 bridgehead atoms. The molecule has 18 heavy (non-hydrogen) atoms. The van der Waals surface area contributed by atoms with Gasteiger partial charge in [-0.05, 0) is 12.8 Å². The minimum absolute atomic E-state index is 0.436. The SMILES string of the molecule is c1ccc(C2=NCC3(CCCCCCC3)S2)cc1. The lowest BCUT2D eigenvalue weighted by Crippen LogP contribution is -2.27. The van der Waals surface area contributed by atoms with Crippen LogP contribution in [0.25, 0.3) is 0 Å². The molecule has 0 aromatic heterocycles. The van der Waals surface area contributed by atoms with Gasteiger partial charge in [-0.3, -0.25) is 4.99 Å². The standard InChI is InChI=1S/C16H21NS/c1-2-7-11-16(12-8-3-1)13-17-15(18-16)14-9-5-4-6-10-14/h4-6,9-10H,1-3,7-8,11-13H2. The van der Waals surface area contributed by atoms with Crippen molar-refractivity contribution >= 4 is 16.8 Å². The van der Waals surface area contributed by atoms with E-state index in [0.717, 1.165) is 6.54 Å². The van der Waals surface area contributed by atoms with Crippen LogP contribution in [-0.4, -0.2) is 16.3 Å². The molecule has 1 heterocycles. The maximum atomic E-state index is 4.83. The van der Waals surface area contributed by atoms with E-state index < -0.39 is 0 Å². The topological polar surface area (TPSA) is 12.4 Å². The normalized spacial score (nSPS) is 23.4. The van der Waals surface area contributed by atoms with Crippen LogP contribution in [0, 0.1) is 0 Å². The highest BCUT2D eigenvalue weighted by Crippen LogP contribution is 2.44. The maximum Gasteiger partial charge on any atom is 0.0983 e. The molecule has 3 rings (SSSR count). The van der Waals surface area contributed by atoms with Crippen LogP contribution in [0.5, 0.6) is 0 Å². The maximum absolute atomic E-state index is 4.83. The molecule has 0 atom stereocenters. The molecule has 2 heteroatoms. The van der Waals surface area contributed by atoms with Gasteiger partial charge in [-0.1, -0.05) is 74.2 Å². The summed E-state index contributed by atoms with van der Waals surface area (Å²) in [6.45, 7) is 1.04. The predicted octanol–water partition coefficient (Wildman–Crippen LogP) is 4.66. The van der Waals surface area contributed by atoms with Gasteiger partial charge in [0.2, 0.25) is 0 Å². The van der Waals surface area contributed by atoms with Gasteiger partial charge in [0.15, 0.2) is 0 Å². The molecule has 1 saturated carbocycles. The van der Waals surface area contributed by atoms with Gasteiger partial charge in [0.05, 0.1) is 11.6 Å². The van der Waals surface area contributed by atoms with Crippen molar-refractivity contribution in [3.63, 3.8) is 0 Å². The summed E-state index contributed by atoms with van der Waals surface area (Å²) in [5.41, 5.74) is 1.31. The van der Waals surface area contributed by atoms with E-state index in [2.05, 4.69) is 42.1 Å². The molecule has 96 valence electrons. The molecule has 0 amide bonds. The smallest absolute Gasteiger partial charge is 0.0983 e. The van der Waals surface area contributed by atoms with Crippen LogP contribution >= 0.6 is 11.8 Å². The van der Waals surface area contributed by atoms with E-state index in [1.165, 1.54) is 55.6 Å². The number of nitrogens with zero attached hydrogens (tertiary/aromatic N) is 1. The molecule has 1 spiro atoms. The second-order valence-corrected chi connectivity index (χ2v) is 7.00. The minimum Gasteiger partial charge on any atom is -0.276 e. The zero-order chi connectivity index (χ0) is 12.3. The minimum atomic E-state index is 0.436. The van der Waals surface area contributed by atoms with E-state index in [1.807, 2.05) is 0 Å². The molecule has 0 saturated heterocycles. The van der Waals surface area contributed by atoms with Crippen molar-refractivity contribution in [2.75, 3.05) is 6.54 Å². The van der Waals surface area contributed by atoms with Gasteiger partial charge >= 0.3 is 0 Å². The number of aliphatic imine (C=N–C) groups is 1. The second-order valence-electron chi connectivity index (χ2n) is 5.54. The van der Waals surface area contributed by atoms with Gasteiger partial charge in [-0.15, -0.1) is 0 Å². The second kappa shape index (κ2) is 5.48. The Balaban J connectivity index is 1.72. The summed E-state index contributed by atoms with van der Waals surface area (Å²) < 4.78 is 0.436. The van der Waals surface area contributed by atoms with Crippen LogP contribution in [0.2, 0.25) is 0 Å². The van der Waals surface area contributed by atoms with E-state index in [0.29, 0.717) is 4.75 Å². The fraction of sp³-hybridized carbons (Fsp3) is 0.562. The van der Waals surface area contributed by atoms with E-state index in [4.69, 9.17) is 4.99 Å². The third-order valence-electron chi connectivity index (χ3n) is 4.11. The molecule has 2 aliphatic rings. The highest BCUT2D eigenvalue weighted by Gasteiger charge is 2.36. The first kappa shape index (κ1) is 12.3. The summed E-state index contributed by atoms with van der Waals surface area (Å²) in [4.78, 5) is 4.83. The molecule has 1 aliphatic heterocycles. The van der Waals surface area contributed by atoms with Crippen LogP contribution in [0.3, 0.4) is 0 Å². The van der Waals surface area contributed by atoms with E-state index in [1.54, 1.807) is 0 Å². The van der Waals surface area contributed by atoms with E-state index >= 15 is 0 Å². The molecule has 0 radical (unpaired) electrons. The Bertz CT molecular complexity index is 416. The third-order valence-corrected chi connectivity index (χ3v) is 5.64. The van der Waals surface area contributed by atoms with Gasteiger partial charge < -0.3 is 0 Å². The van der Waals surface area contributed by atoms with Gasteiger partial charge in [0.1, 0.15) is 0 Å². The molecule has 0 N–H and O–H groups in total. The lowest BCUT2D eigenvalue weighted by Gasteiger charge is -2.29. The average Bonchev–Trinajstić information content (AvgIpc) is 2.81. The average molecular weight is 259 g/mol. The Labute approximate surface area is 114 Å². The fourth-order valence-electron chi connectivity index (χ4n) is 3.03. The number of rotatable bonds is 1. The first-order valence-electron chi connectivity index (χ1n) is 7.17. The van der Waals surface area contributed by atoms with Crippen LogP contribution in [0.1, 0.15) is 50.5 Å². The fourth-order valence-corrected chi connectivity index (χ4v) is 4.44. The Morgan fingerprint density at radius 3 is 2.28 bits per heavy atom. The lowest BCUT2D eigenvalue weighted by atomic mass is 9.90. The molecule has 1 fully saturated rings. The Morgan fingerprint density at radius 2 is 1.56 bits per heavy atom. The lowest BCUT2D eigenvalue weighted by molar-refractivity contribution is 0.425. The van der Waals surface area contributed by atoms with Gasteiger partial charge in [-0.2, -0.15) is 0 Å². The van der Waals surface area contributed by atoms with Gasteiger partial charge in [0, 0.05) is 10.3 Å². The highest BCUT2D eigenvalue weighted by atomic mass is 32.2. The highest BCUT2D eigenvalue weighted by molar-refractivity contribution is 8.15. The quantitative estimate of drug-likeness (QED) is 0.714. The molecule has 1 aliphatic carbocycles. The number of hydrogen-bond donors (Lipinski definition) is 0. The first-order valence-corrected chi connectivity index (χ1v) is 7.99.